The molecule has 3 aromatic carbocycles. The summed E-state index contributed by atoms with van der Waals surface area (Å²) < 4.78 is 8.57. The van der Waals surface area contributed by atoms with Crippen molar-refractivity contribution >= 4 is 50.6 Å². The van der Waals surface area contributed by atoms with E-state index in [1.54, 1.807) is 0 Å². The summed E-state index contributed by atoms with van der Waals surface area (Å²) in [5.74, 6) is 2.35. The maximum Gasteiger partial charge on any atom is 0.207 e. The van der Waals surface area contributed by atoms with Crippen LogP contribution in [-0.4, -0.2) is 22.4 Å². The van der Waals surface area contributed by atoms with Crippen molar-refractivity contribution in [1.29, 1.82) is 0 Å². The molecule has 0 fully saturated rings. The van der Waals surface area contributed by atoms with Crippen LogP contribution in [0.1, 0.15) is 36.7 Å². The van der Waals surface area contributed by atoms with E-state index in [1.165, 1.54) is 5.56 Å². The quantitative estimate of drug-likeness (QED) is 0.200. The first-order valence-corrected chi connectivity index (χ1v) is 13.6. The van der Waals surface area contributed by atoms with Crippen molar-refractivity contribution in [2.24, 2.45) is 21.6 Å². The number of para-hydroxylation sites is 1. The average molecular weight is 511 g/mol. The number of hydrogen-bond acceptors (Lipinski definition) is 2. The van der Waals surface area contributed by atoms with Gasteiger partial charge in [-0.15, -0.1) is 0 Å². The Morgan fingerprint density at radius 3 is 2.62 bits per heavy atom. The minimum absolute atomic E-state index is 0.0476. The lowest BCUT2D eigenvalue weighted by Gasteiger charge is -2.18. The topological polar surface area (TPSA) is 68.8 Å². The zero-order valence-corrected chi connectivity index (χ0v) is 21.9. The Labute approximate surface area is 227 Å². The van der Waals surface area contributed by atoms with Gasteiger partial charge in [0, 0.05) is 39.6 Å². The normalized spacial score (nSPS) is 18.3. The van der Waals surface area contributed by atoms with Crippen LogP contribution in [0.3, 0.4) is 0 Å². The van der Waals surface area contributed by atoms with Crippen molar-refractivity contribution in [1.82, 2.24) is 4.57 Å². The number of allylic oxidation sites excluding steroid dienone is 4. The Balaban J connectivity index is 1.45. The fraction of sp³-hybridized carbons (Fsp3) is 0.176. The molecular formula is C34H30N4O. The Morgan fingerprint density at radius 1 is 0.949 bits per heavy atom. The molecule has 39 heavy (non-hydrogen) atoms. The summed E-state index contributed by atoms with van der Waals surface area (Å²) in [6.45, 7) is 2.15. The van der Waals surface area contributed by atoms with Crippen molar-refractivity contribution in [3.8, 4) is 0 Å². The molecule has 2 aliphatic carbocycles. The highest BCUT2D eigenvalue weighted by Crippen LogP contribution is 2.39. The van der Waals surface area contributed by atoms with Crippen molar-refractivity contribution < 1.29 is 4.42 Å². The Kier molecular flexibility index (Phi) is 5.77. The molecule has 0 saturated carbocycles. The minimum atomic E-state index is 0.0476. The minimum Gasteiger partial charge on any atom is -0.458 e. The first-order valence-electron chi connectivity index (χ1n) is 13.6. The van der Waals surface area contributed by atoms with Gasteiger partial charge in [0.25, 0.3) is 0 Å². The molecule has 5 heteroatoms. The van der Waals surface area contributed by atoms with Gasteiger partial charge in [-0.05, 0) is 31.9 Å². The predicted molar refractivity (Wildman–Crippen MR) is 162 cm³/mol. The summed E-state index contributed by atoms with van der Waals surface area (Å²) in [7, 11) is 0. The number of aliphatic imine (C=N–C) groups is 2. The van der Waals surface area contributed by atoms with Crippen LogP contribution in [0.5, 0.6) is 0 Å². The predicted octanol–water partition coefficient (Wildman–Crippen LogP) is 7.63. The number of fused-ring (bicyclic) bond motifs is 7. The number of nitrogens with zero attached hydrogens (tertiary/aromatic N) is 3. The fourth-order valence-electron chi connectivity index (χ4n) is 5.85. The SMILES string of the molecule is CC(N=C(N=C(N)n1c2ccccc2c2ccc3c4c(oc3c21)CCC=C4)c1ccccc1)C1C=CC=CC1. The molecule has 192 valence electrons. The van der Waals surface area contributed by atoms with E-state index < -0.39 is 0 Å². The highest BCUT2D eigenvalue weighted by Gasteiger charge is 2.22. The number of nitrogens with two attached hydrogens (primary N) is 1. The number of amidine groups is 1. The molecule has 0 saturated heterocycles. The third-order valence-electron chi connectivity index (χ3n) is 7.87. The van der Waals surface area contributed by atoms with Crippen molar-refractivity contribution in [3.05, 3.63) is 114 Å². The molecule has 0 bridgehead atoms. The summed E-state index contributed by atoms with van der Waals surface area (Å²) in [4.78, 5) is 10.1. The van der Waals surface area contributed by atoms with E-state index in [2.05, 4.69) is 73.7 Å². The van der Waals surface area contributed by atoms with Crippen LogP contribution in [0.2, 0.25) is 0 Å². The first-order chi connectivity index (χ1) is 19.2. The van der Waals surface area contributed by atoms with E-state index >= 15 is 0 Å². The molecule has 5 aromatic rings. The maximum absolute atomic E-state index is 6.93. The Bertz CT molecular complexity index is 1860. The molecule has 2 aliphatic rings. The summed E-state index contributed by atoms with van der Waals surface area (Å²) in [5, 5.41) is 3.31. The number of benzene rings is 3. The number of hydrogen-bond donors (Lipinski definition) is 1. The molecule has 0 spiro atoms. The standard InChI is InChI=1S/C34H30N4O/c1-22(23-12-4-2-5-13-23)36-33(24-14-6-3-7-15-24)37-34(35)38-29-18-10-8-16-25(29)27-20-21-28-26-17-9-11-19-30(26)39-32(28)31(27)38/h2-10,12,14-18,20-23H,11,13,19H2,1H3,(H2,35,36,37). The number of furan rings is 1. The van der Waals surface area contributed by atoms with Crippen molar-refractivity contribution in [2.45, 2.75) is 32.2 Å². The number of aromatic nitrogens is 1. The Hall–Kier alpha value is -4.64. The summed E-state index contributed by atoms with van der Waals surface area (Å²) >= 11 is 0. The second kappa shape index (κ2) is 9.59. The fourth-order valence-corrected chi connectivity index (χ4v) is 5.85. The second-order valence-electron chi connectivity index (χ2n) is 10.3. The molecule has 2 atom stereocenters. The average Bonchev–Trinajstić information content (AvgIpc) is 3.54. The van der Waals surface area contributed by atoms with Gasteiger partial charge in [-0.3, -0.25) is 9.56 Å². The van der Waals surface area contributed by atoms with Gasteiger partial charge in [0.05, 0.1) is 11.6 Å². The van der Waals surface area contributed by atoms with Gasteiger partial charge in [0.1, 0.15) is 11.3 Å². The van der Waals surface area contributed by atoms with Crippen LogP contribution in [0.25, 0.3) is 38.9 Å². The van der Waals surface area contributed by atoms with E-state index in [0.717, 1.165) is 63.4 Å². The summed E-state index contributed by atoms with van der Waals surface area (Å²) in [6.07, 6.45) is 15.9. The highest BCUT2D eigenvalue weighted by molar-refractivity contribution is 6.22. The molecule has 2 unspecified atom stereocenters. The van der Waals surface area contributed by atoms with Crippen LogP contribution in [-0.2, 0) is 6.42 Å². The largest absolute Gasteiger partial charge is 0.458 e. The van der Waals surface area contributed by atoms with Gasteiger partial charge < -0.3 is 10.2 Å². The van der Waals surface area contributed by atoms with Crippen LogP contribution in [0, 0.1) is 5.92 Å². The van der Waals surface area contributed by atoms with Gasteiger partial charge in [0.2, 0.25) is 5.96 Å². The third kappa shape index (κ3) is 4.02. The smallest absolute Gasteiger partial charge is 0.207 e. The van der Waals surface area contributed by atoms with Gasteiger partial charge in [0.15, 0.2) is 11.4 Å². The zero-order valence-electron chi connectivity index (χ0n) is 21.9. The van der Waals surface area contributed by atoms with Gasteiger partial charge in [-0.25, -0.2) is 0 Å². The van der Waals surface area contributed by atoms with Crippen molar-refractivity contribution in [2.75, 3.05) is 0 Å². The van der Waals surface area contributed by atoms with Crippen molar-refractivity contribution in [3.63, 3.8) is 0 Å². The van der Waals surface area contributed by atoms with E-state index in [4.69, 9.17) is 20.1 Å². The molecule has 2 N–H and O–H groups in total. The van der Waals surface area contributed by atoms with E-state index in [0.29, 0.717) is 17.7 Å². The molecule has 7 rings (SSSR count). The third-order valence-corrected chi connectivity index (χ3v) is 7.87. The monoisotopic (exact) mass is 510 g/mol. The summed E-state index contributed by atoms with van der Waals surface area (Å²) in [5.41, 5.74) is 11.8. The molecule has 5 nitrogen and oxygen atoms in total. The summed E-state index contributed by atoms with van der Waals surface area (Å²) in [6, 6.07) is 22.8. The van der Waals surface area contributed by atoms with Crippen LogP contribution < -0.4 is 5.73 Å². The van der Waals surface area contributed by atoms with Crippen LogP contribution in [0.4, 0.5) is 0 Å². The van der Waals surface area contributed by atoms with Gasteiger partial charge >= 0.3 is 0 Å². The molecule has 0 aliphatic heterocycles. The lowest BCUT2D eigenvalue weighted by Crippen LogP contribution is -2.25. The van der Waals surface area contributed by atoms with Crippen LogP contribution in [0.15, 0.2) is 112 Å². The molecule has 2 aromatic heterocycles. The molecule has 0 amide bonds. The van der Waals surface area contributed by atoms with E-state index in [-0.39, 0.29) is 6.04 Å². The number of aryl methyl sites for hydroxylation is 1. The highest BCUT2D eigenvalue weighted by atomic mass is 16.3. The van der Waals surface area contributed by atoms with E-state index in [9.17, 15) is 0 Å². The molecule has 2 heterocycles. The first kappa shape index (κ1) is 23.5. The zero-order chi connectivity index (χ0) is 26.3. The molecular weight excluding hydrogens is 480 g/mol. The van der Waals surface area contributed by atoms with Gasteiger partial charge in [-0.1, -0.05) is 91.1 Å². The lowest BCUT2D eigenvalue weighted by atomic mass is 9.94. The molecule has 0 radical (unpaired) electrons. The van der Waals surface area contributed by atoms with E-state index in [1.807, 2.05) is 41.0 Å². The number of rotatable bonds is 3. The van der Waals surface area contributed by atoms with Crippen LogP contribution >= 0.6 is 0 Å². The van der Waals surface area contributed by atoms with Gasteiger partial charge in [-0.2, -0.15) is 4.99 Å². The second-order valence-corrected chi connectivity index (χ2v) is 10.3. The maximum atomic E-state index is 6.93. The lowest BCUT2D eigenvalue weighted by molar-refractivity contribution is 0.540. The Morgan fingerprint density at radius 2 is 1.77 bits per heavy atom.